The van der Waals surface area contributed by atoms with Crippen LogP contribution in [0.1, 0.15) is 21.5 Å². The highest BCUT2D eigenvalue weighted by Crippen LogP contribution is 2.33. The van der Waals surface area contributed by atoms with Crippen molar-refractivity contribution in [1.29, 1.82) is 0 Å². The summed E-state index contributed by atoms with van der Waals surface area (Å²) < 4.78 is 5.94. The maximum absolute atomic E-state index is 10.9. The fourth-order valence-corrected chi connectivity index (χ4v) is 3.25. The number of rotatable bonds is 4. The number of hydrogen-bond donors (Lipinski definition) is 0. The van der Waals surface area contributed by atoms with Crippen molar-refractivity contribution in [2.45, 2.75) is 6.42 Å². The Labute approximate surface area is 150 Å². The third-order valence-electron chi connectivity index (χ3n) is 4.23. The van der Waals surface area contributed by atoms with E-state index in [1.54, 1.807) is 12.1 Å². The summed E-state index contributed by atoms with van der Waals surface area (Å²) >= 11 is 6.29. The molecule has 0 saturated heterocycles. The van der Waals surface area contributed by atoms with E-state index in [-0.39, 0.29) is 0 Å². The second-order valence-corrected chi connectivity index (χ2v) is 6.41. The average Bonchev–Trinajstić information content (AvgIpc) is 3.05. The zero-order valence-electron chi connectivity index (χ0n) is 13.4. The highest BCUT2D eigenvalue weighted by molar-refractivity contribution is 6.33. The van der Waals surface area contributed by atoms with Gasteiger partial charge in [0.1, 0.15) is 17.6 Å². The molecule has 0 amide bonds. The van der Waals surface area contributed by atoms with Crippen molar-refractivity contribution in [2.75, 3.05) is 0 Å². The molecule has 0 fully saturated rings. The SMILES string of the molecule is O=Cc1ccc(-c2cc3cc(Cc4ccccc4)ccc3o2)c(Cl)c1. The Balaban J connectivity index is 1.70. The zero-order valence-corrected chi connectivity index (χ0v) is 14.2. The van der Waals surface area contributed by atoms with E-state index in [2.05, 4.69) is 36.4 Å². The number of aldehydes is 1. The Bertz CT molecular complexity index is 1050. The summed E-state index contributed by atoms with van der Waals surface area (Å²) in [6.07, 6.45) is 1.66. The van der Waals surface area contributed by atoms with E-state index in [4.69, 9.17) is 16.0 Å². The Kier molecular flexibility index (Phi) is 4.12. The van der Waals surface area contributed by atoms with Crippen LogP contribution in [0, 0.1) is 0 Å². The molecule has 4 aromatic rings. The van der Waals surface area contributed by atoms with E-state index in [0.29, 0.717) is 16.3 Å². The van der Waals surface area contributed by atoms with Gasteiger partial charge in [0.15, 0.2) is 0 Å². The van der Waals surface area contributed by atoms with Crippen LogP contribution in [0.5, 0.6) is 0 Å². The van der Waals surface area contributed by atoms with E-state index in [0.717, 1.165) is 29.2 Å². The van der Waals surface area contributed by atoms with Gasteiger partial charge in [0.2, 0.25) is 0 Å². The van der Waals surface area contributed by atoms with E-state index < -0.39 is 0 Å². The maximum atomic E-state index is 10.9. The number of furan rings is 1. The minimum atomic E-state index is 0.508. The molecule has 1 aromatic heterocycles. The van der Waals surface area contributed by atoms with Crippen LogP contribution in [-0.4, -0.2) is 6.29 Å². The first-order valence-electron chi connectivity index (χ1n) is 8.04. The van der Waals surface area contributed by atoms with Gasteiger partial charge in [-0.15, -0.1) is 0 Å². The van der Waals surface area contributed by atoms with Gasteiger partial charge in [0.05, 0.1) is 5.02 Å². The normalized spacial score (nSPS) is 10.9. The minimum Gasteiger partial charge on any atom is -0.456 e. The molecule has 0 aliphatic heterocycles. The molecule has 4 rings (SSSR count). The maximum Gasteiger partial charge on any atom is 0.150 e. The number of hydrogen-bond acceptors (Lipinski definition) is 2. The summed E-state index contributed by atoms with van der Waals surface area (Å²) in [5.41, 5.74) is 4.66. The largest absolute Gasteiger partial charge is 0.456 e. The van der Waals surface area contributed by atoms with Crippen LogP contribution in [0.3, 0.4) is 0 Å². The first kappa shape index (κ1) is 15.7. The van der Waals surface area contributed by atoms with Crippen molar-refractivity contribution in [1.82, 2.24) is 0 Å². The number of carbonyl (C=O) groups excluding carboxylic acids is 1. The average molecular weight is 347 g/mol. The summed E-state index contributed by atoms with van der Waals surface area (Å²) in [5.74, 6) is 0.703. The Morgan fingerprint density at radius 3 is 2.48 bits per heavy atom. The van der Waals surface area contributed by atoms with E-state index in [1.807, 2.05) is 24.3 Å². The van der Waals surface area contributed by atoms with Crippen molar-refractivity contribution >= 4 is 28.9 Å². The van der Waals surface area contributed by atoms with Gasteiger partial charge >= 0.3 is 0 Å². The lowest BCUT2D eigenvalue weighted by Gasteiger charge is -2.01. The summed E-state index contributed by atoms with van der Waals surface area (Å²) in [6, 6.07) is 23.8. The van der Waals surface area contributed by atoms with Gasteiger partial charge in [0, 0.05) is 16.5 Å². The highest BCUT2D eigenvalue weighted by Gasteiger charge is 2.11. The highest BCUT2D eigenvalue weighted by atomic mass is 35.5. The quantitative estimate of drug-likeness (QED) is 0.414. The van der Waals surface area contributed by atoms with E-state index in [1.165, 1.54) is 11.1 Å². The fraction of sp³-hybridized carbons (Fsp3) is 0.0455. The van der Waals surface area contributed by atoms with Gasteiger partial charge in [-0.3, -0.25) is 4.79 Å². The Morgan fingerprint density at radius 1 is 0.880 bits per heavy atom. The molecule has 3 aromatic carbocycles. The number of carbonyl (C=O) groups is 1. The van der Waals surface area contributed by atoms with Crippen molar-refractivity contribution < 1.29 is 9.21 Å². The lowest BCUT2D eigenvalue weighted by atomic mass is 10.0. The Hall–Kier alpha value is -2.84. The predicted octanol–water partition coefficient (Wildman–Crippen LogP) is 6.16. The van der Waals surface area contributed by atoms with Crippen LogP contribution in [0.15, 0.2) is 77.2 Å². The van der Waals surface area contributed by atoms with Gasteiger partial charge in [-0.05, 0) is 47.9 Å². The van der Waals surface area contributed by atoms with Crippen molar-refractivity contribution in [3.63, 3.8) is 0 Å². The Morgan fingerprint density at radius 2 is 1.72 bits per heavy atom. The third-order valence-corrected chi connectivity index (χ3v) is 4.54. The van der Waals surface area contributed by atoms with Crippen molar-refractivity contribution in [2.24, 2.45) is 0 Å². The molecule has 0 aliphatic rings. The molecule has 0 saturated carbocycles. The number of halogens is 1. The molecule has 0 atom stereocenters. The standard InChI is InChI=1S/C22H15ClO2/c23-20-12-17(14-24)6-8-19(20)22-13-18-11-16(7-9-21(18)25-22)10-15-4-2-1-3-5-15/h1-9,11-14H,10H2. The molecule has 0 radical (unpaired) electrons. The molecule has 0 aliphatic carbocycles. The lowest BCUT2D eigenvalue weighted by molar-refractivity contribution is 0.112. The van der Waals surface area contributed by atoms with Gasteiger partial charge in [-0.25, -0.2) is 0 Å². The fourth-order valence-electron chi connectivity index (χ4n) is 2.97. The molecule has 0 spiro atoms. The predicted molar refractivity (Wildman–Crippen MR) is 101 cm³/mol. The zero-order chi connectivity index (χ0) is 17.2. The molecule has 25 heavy (non-hydrogen) atoms. The van der Waals surface area contributed by atoms with Crippen molar-refractivity contribution in [3.05, 3.63) is 94.5 Å². The molecule has 1 heterocycles. The van der Waals surface area contributed by atoms with Gasteiger partial charge in [-0.2, -0.15) is 0 Å². The van der Waals surface area contributed by atoms with Crippen LogP contribution >= 0.6 is 11.6 Å². The summed E-state index contributed by atoms with van der Waals surface area (Å²) in [5, 5.41) is 1.55. The molecule has 0 N–H and O–H groups in total. The smallest absolute Gasteiger partial charge is 0.150 e. The van der Waals surface area contributed by atoms with E-state index >= 15 is 0 Å². The molecule has 122 valence electrons. The van der Waals surface area contributed by atoms with Crippen LogP contribution in [0.4, 0.5) is 0 Å². The summed E-state index contributed by atoms with van der Waals surface area (Å²) in [7, 11) is 0. The molecule has 2 nitrogen and oxygen atoms in total. The second-order valence-electron chi connectivity index (χ2n) is 6.00. The van der Waals surface area contributed by atoms with E-state index in [9.17, 15) is 4.79 Å². The topological polar surface area (TPSA) is 30.2 Å². The second kappa shape index (κ2) is 6.58. The molecule has 0 unspecified atom stereocenters. The van der Waals surface area contributed by atoms with Crippen molar-refractivity contribution in [3.8, 4) is 11.3 Å². The lowest BCUT2D eigenvalue weighted by Crippen LogP contribution is -1.86. The molecule has 3 heteroatoms. The van der Waals surface area contributed by atoms with Crippen LogP contribution in [0.25, 0.3) is 22.3 Å². The summed E-state index contributed by atoms with van der Waals surface area (Å²) in [4.78, 5) is 10.9. The van der Waals surface area contributed by atoms with Crippen LogP contribution < -0.4 is 0 Å². The van der Waals surface area contributed by atoms with Gasteiger partial charge in [0.25, 0.3) is 0 Å². The number of benzene rings is 3. The minimum absolute atomic E-state index is 0.508. The molecular formula is C22H15ClO2. The van der Waals surface area contributed by atoms with Gasteiger partial charge < -0.3 is 4.42 Å². The monoisotopic (exact) mass is 346 g/mol. The first-order chi connectivity index (χ1) is 12.2. The van der Waals surface area contributed by atoms with Crippen LogP contribution in [-0.2, 0) is 6.42 Å². The van der Waals surface area contributed by atoms with Crippen LogP contribution in [0.2, 0.25) is 5.02 Å². The van der Waals surface area contributed by atoms with Gasteiger partial charge in [-0.1, -0.05) is 54.1 Å². The third kappa shape index (κ3) is 3.21. The number of fused-ring (bicyclic) bond motifs is 1. The first-order valence-corrected chi connectivity index (χ1v) is 8.42. The summed E-state index contributed by atoms with van der Waals surface area (Å²) in [6.45, 7) is 0. The molecule has 0 bridgehead atoms. The molecular weight excluding hydrogens is 332 g/mol.